The Balaban J connectivity index is 1.44. The van der Waals surface area contributed by atoms with Gasteiger partial charge in [-0.1, -0.05) is 0 Å². The summed E-state index contributed by atoms with van der Waals surface area (Å²) in [7, 11) is 1.71. The maximum atomic E-state index is 12.8. The van der Waals surface area contributed by atoms with Crippen molar-refractivity contribution in [2.75, 3.05) is 26.7 Å². The first-order valence-electron chi connectivity index (χ1n) is 9.61. The van der Waals surface area contributed by atoms with Gasteiger partial charge < -0.3 is 26.0 Å². The number of hydrogen-bond acceptors (Lipinski definition) is 10. The average Bonchev–Trinajstić information content (AvgIpc) is 3.21. The van der Waals surface area contributed by atoms with Gasteiger partial charge in [0.2, 0.25) is 11.8 Å². The van der Waals surface area contributed by atoms with Crippen LogP contribution in [0.5, 0.6) is 0 Å². The molecule has 2 saturated heterocycles. The fourth-order valence-corrected chi connectivity index (χ4v) is 7.09. The molecule has 13 heteroatoms. The standard InChI is InChI=1S/C18H22N4O7S2/c1-6(23)10-14(25)22-12(9(4-20-2)31-16(10)22)18(28)29-5-7-13(24)21-11(17(26)27)8(3-19)30-15(7)21/h6-7,10,15-16,20,23H,3-5,19H2,1-2H3,(H,26,27)/t6-,7+,10+,15-,16-/m1/s1. The number of fused-ring (bicyclic) bond motifs is 2. The SMILES string of the molecule is CNCC1=C(C(=O)OC[C@H]2C(=O)N3C(C(=O)O)=C(CN)S[C@H]23)N2C(=O)[C@H]([C@@H](C)O)[C@H]2S1. The van der Waals surface area contributed by atoms with Gasteiger partial charge in [-0.15, -0.1) is 23.5 Å². The Kier molecular flexibility index (Phi) is 5.81. The van der Waals surface area contributed by atoms with Gasteiger partial charge in [-0.25, -0.2) is 9.59 Å². The molecule has 4 rings (SSSR count). The molecule has 0 bridgehead atoms. The maximum absolute atomic E-state index is 12.8. The minimum Gasteiger partial charge on any atom is -0.477 e. The number of carboxylic acid groups (broad SMARTS) is 1. The zero-order valence-electron chi connectivity index (χ0n) is 16.7. The number of aliphatic carboxylic acids is 1. The largest absolute Gasteiger partial charge is 0.477 e. The smallest absolute Gasteiger partial charge is 0.355 e. The van der Waals surface area contributed by atoms with E-state index in [9.17, 15) is 29.4 Å². The van der Waals surface area contributed by atoms with Gasteiger partial charge in [-0.05, 0) is 14.0 Å². The Morgan fingerprint density at radius 2 is 1.81 bits per heavy atom. The lowest BCUT2D eigenvalue weighted by atomic mass is 9.92. The number of aliphatic hydroxyl groups is 1. The summed E-state index contributed by atoms with van der Waals surface area (Å²) in [6, 6.07) is 0. The average molecular weight is 471 g/mol. The highest BCUT2D eigenvalue weighted by Crippen LogP contribution is 2.51. The lowest BCUT2D eigenvalue weighted by molar-refractivity contribution is -0.163. The van der Waals surface area contributed by atoms with Gasteiger partial charge in [-0.2, -0.15) is 0 Å². The van der Waals surface area contributed by atoms with Crippen molar-refractivity contribution in [3.8, 4) is 0 Å². The Labute approximate surface area is 186 Å². The van der Waals surface area contributed by atoms with Crippen molar-refractivity contribution in [2.24, 2.45) is 17.6 Å². The molecule has 2 fully saturated rings. The molecule has 4 aliphatic heterocycles. The van der Waals surface area contributed by atoms with Crippen molar-refractivity contribution < 1.29 is 34.1 Å². The lowest BCUT2D eigenvalue weighted by Gasteiger charge is -2.44. The van der Waals surface area contributed by atoms with E-state index in [-0.39, 0.29) is 35.8 Å². The van der Waals surface area contributed by atoms with Gasteiger partial charge in [0, 0.05) is 22.9 Å². The molecule has 4 heterocycles. The van der Waals surface area contributed by atoms with E-state index in [1.165, 1.54) is 40.2 Å². The van der Waals surface area contributed by atoms with Crippen LogP contribution in [0.3, 0.4) is 0 Å². The van der Waals surface area contributed by atoms with Crippen LogP contribution in [0.25, 0.3) is 0 Å². The number of carboxylic acids is 1. The molecule has 0 aromatic carbocycles. The number of carbonyl (C=O) groups excluding carboxylic acids is 3. The molecule has 4 aliphatic rings. The number of aliphatic hydroxyl groups excluding tert-OH is 1. The Morgan fingerprint density at radius 1 is 1.16 bits per heavy atom. The Bertz CT molecular complexity index is 934. The molecule has 0 aromatic heterocycles. The molecule has 0 unspecified atom stereocenters. The summed E-state index contributed by atoms with van der Waals surface area (Å²) in [5.74, 6) is -4.01. The van der Waals surface area contributed by atoms with Crippen LogP contribution in [0.15, 0.2) is 21.2 Å². The minimum absolute atomic E-state index is 0.000515. The van der Waals surface area contributed by atoms with Crippen molar-refractivity contribution in [1.29, 1.82) is 0 Å². The molecule has 31 heavy (non-hydrogen) atoms. The van der Waals surface area contributed by atoms with Crippen LogP contribution in [0.4, 0.5) is 0 Å². The van der Waals surface area contributed by atoms with Crippen molar-refractivity contribution in [3.05, 3.63) is 21.2 Å². The van der Waals surface area contributed by atoms with E-state index in [4.69, 9.17) is 10.5 Å². The van der Waals surface area contributed by atoms with Crippen molar-refractivity contribution in [1.82, 2.24) is 15.1 Å². The maximum Gasteiger partial charge on any atom is 0.355 e. The van der Waals surface area contributed by atoms with E-state index in [0.29, 0.717) is 16.4 Å². The summed E-state index contributed by atoms with van der Waals surface area (Å²) < 4.78 is 5.39. The first-order valence-corrected chi connectivity index (χ1v) is 11.4. The second-order valence-electron chi connectivity index (χ2n) is 7.49. The Morgan fingerprint density at radius 3 is 2.39 bits per heavy atom. The number of ether oxygens (including phenoxy) is 1. The molecular weight excluding hydrogens is 448 g/mol. The van der Waals surface area contributed by atoms with Crippen LogP contribution < -0.4 is 11.1 Å². The number of carbonyl (C=O) groups is 4. The normalized spacial score (nSPS) is 30.2. The van der Waals surface area contributed by atoms with E-state index in [1.807, 2.05) is 0 Å². The highest BCUT2D eigenvalue weighted by Gasteiger charge is 2.59. The van der Waals surface area contributed by atoms with Crippen molar-refractivity contribution >= 4 is 47.3 Å². The summed E-state index contributed by atoms with van der Waals surface area (Å²) in [5.41, 5.74) is 5.61. The number of rotatable bonds is 8. The van der Waals surface area contributed by atoms with Gasteiger partial charge in [0.05, 0.1) is 12.0 Å². The van der Waals surface area contributed by atoms with Crippen LogP contribution in [0.2, 0.25) is 0 Å². The summed E-state index contributed by atoms with van der Waals surface area (Å²) in [5, 5.41) is 21.3. The van der Waals surface area contributed by atoms with E-state index >= 15 is 0 Å². The first-order chi connectivity index (χ1) is 14.7. The van der Waals surface area contributed by atoms with Crippen LogP contribution in [-0.2, 0) is 23.9 Å². The van der Waals surface area contributed by atoms with Crippen molar-refractivity contribution in [3.63, 3.8) is 0 Å². The molecule has 5 N–H and O–H groups in total. The molecule has 0 aliphatic carbocycles. The van der Waals surface area contributed by atoms with Crippen LogP contribution in [0, 0.1) is 11.8 Å². The van der Waals surface area contributed by atoms with Gasteiger partial charge in [-0.3, -0.25) is 19.4 Å². The Hall–Kier alpha value is -2.06. The third kappa shape index (κ3) is 3.26. The third-order valence-corrected chi connectivity index (χ3v) is 8.40. The second kappa shape index (κ2) is 8.13. The van der Waals surface area contributed by atoms with Gasteiger partial charge in [0.1, 0.15) is 34.7 Å². The molecule has 168 valence electrons. The molecule has 2 amide bonds. The number of thioether (sulfide) groups is 2. The summed E-state index contributed by atoms with van der Waals surface area (Å²) in [6.07, 6.45) is -0.835. The summed E-state index contributed by atoms with van der Waals surface area (Å²) in [6.45, 7) is 1.66. The van der Waals surface area contributed by atoms with E-state index < -0.39 is 41.2 Å². The van der Waals surface area contributed by atoms with Crippen LogP contribution in [-0.4, -0.2) is 87.4 Å². The van der Waals surface area contributed by atoms with E-state index in [2.05, 4.69) is 5.32 Å². The molecule has 0 saturated carbocycles. The van der Waals surface area contributed by atoms with Crippen LogP contribution in [0.1, 0.15) is 6.92 Å². The number of likely N-dealkylation sites (N-methyl/N-ethyl adjacent to an activating group) is 1. The molecule has 0 spiro atoms. The highest BCUT2D eigenvalue weighted by molar-refractivity contribution is 8.04. The predicted molar refractivity (Wildman–Crippen MR) is 111 cm³/mol. The fraction of sp³-hybridized carbons (Fsp3) is 0.556. The second-order valence-corrected chi connectivity index (χ2v) is 9.91. The predicted octanol–water partition coefficient (Wildman–Crippen LogP) is -1.34. The topological polar surface area (TPSA) is 162 Å². The van der Waals surface area contributed by atoms with Crippen molar-refractivity contribution in [2.45, 2.75) is 23.8 Å². The fourth-order valence-electron chi connectivity index (χ4n) is 4.12. The third-order valence-electron chi connectivity index (χ3n) is 5.61. The molecular formula is C18H22N4O7S2. The molecule has 0 radical (unpaired) electrons. The zero-order valence-corrected chi connectivity index (χ0v) is 18.4. The summed E-state index contributed by atoms with van der Waals surface area (Å²) in [4.78, 5) is 52.8. The zero-order chi connectivity index (χ0) is 22.6. The van der Waals surface area contributed by atoms with Crippen LogP contribution >= 0.6 is 23.5 Å². The number of hydrogen-bond donors (Lipinski definition) is 4. The lowest BCUT2D eigenvalue weighted by Crippen LogP contribution is -2.61. The number of amides is 2. The quantitative estimate of drug-likeness (QED) is 0.245. The molecule has 0 aromatic rings. The summed E-state index contributed by atoms with van der Waals surface area (Å²) >= 11 is 2.52. The monoisotopic (exact) mass is 470 g/mol. The molecule has 11 nitrogen and oxygen atoms in total. The first kappa shape index (κ1) is 22.1. The number of β-lactam (4-membered cyclic amide) rings is 2. The number of nitrogens with two attached hydrogens (primary N) is 1. The van der Waals surface area contributed by atoms with Gasteiger partial charge in [0.25, 0.3) is 0 Å². The minimum atomic E-state index is -1.22. The van der Waals surface area contributed by atoms with E-state index in [0.717, 1.165) is 0 Å². The molecule has 5 atom stereocenters. The number of nitrogens with zero attached hydrogens (tertiary/aromatic N) is 2. The van der Waals surface area contributed by atoms with Gasteiger partial charge in [0.15, 0.2) is 0 Å². The number of esters is 1. The number of nitrogens with one attached hydrogen (secondary N) is 1. The van der Waals surface area contributed by atoms with E-state index in [1.54, 1.807) is 7.05 Å². The van der Waals surface area contributed by atoms with Gasteiger partial charge >= 0.3 is 11.9 Å². The highest BCUT2D eigenvalue weighted by atomic mass is 32.2.